The second-order valence-corrected chi connectivity index (χ2v) is 4.78. The Morgan fingerprint density at radius 1 is 1.24 bits per heavy atom. The van der Waals surface area contributed by atoms with Crippen LogP contribution in [-0.4, -0.2) is 9.55 Å². The minimum absolute atomic E-state index is 0.430. The molecule has 0 aliphatic rings. The molecule has 0 N–H and O–H groups in total. The quantitative estimate of drug-likeness (QED) is 0.805. The van der Waals surface area contributed by atoms with E-state index in [2.05, 4.69) is 24.0 Å². The van der Waals surface area contributed by atoms with Gasteiger partial charge in [-0.25, -0.2) is 4.98 Å². The molecule has 1 heterocycles. The fourth-order valence-electron chi connectivity index (χ4n) is 1.89. The number of hydrogen-bond donors (Lipinski definition) is 0. The van der Waals surface area contributed by atoms with Gasteiger partial charge in [0.1, 0.15) is 0 Å². The molecule has 0 aliphatic heterocycles. The predicted octanol–water partition coefficient (Wildman–Crippen LogP) is 4.38. The molecule has 0 saturated heterocycles. The van der Waals surface area contributed by atoms with Crippen LogP contribution in [0.15, 0.2) is 36.7 Å². The van der Waals surface area contributed by atoms with Gasteiger partial charge in [0.2, 0.25) is 5.28 Å². The van der Waals surface area contributed by atoms with E-state index in [1.54, 1.807) is 6.20 Å². The van der Waals surface area contributed by atoms with Gasteiger partial charge in [-0.3, -0.25) is 0 Å². The van der Waals surface area contributed by atoms with Crippen molar-refractivity contribution in [2.75, 3.05) is 0 Å². The van der Waals surface area contributed by atoms with E-state index in [0.29, 0.717) is 11.2 Å². The molecule has 0 saturated carbocycles. The van der Waals surface area contributed by atoms with Crippen LogP contribution in [0.25, 0.3) is 0 Å². The molecular weight excluding hydrogens is 255 g/mol. The first-order valence-corrected chi connectivity index (χ1v) is 6.38. The number of imidazole rings is 1. The van der Waals surface area contributed by atoms with Crippen LogP contribution in [0, 0.1) is 0 Å². The third-order valence-corrected chi connectivity index (χ3v) is 3.48. The first-order chi connectivity index (χ1) is 8.20. The fourth-order valence-corrected chi connectivity index (χ4v) is 2.20. The minimum atomic E-state index is 0.430. The lowest BCUT2D eigenvalue weighted by molar-refractivity contribution is 0.545. The van der Waals surface area contributed by atoms with E-state index < -0.39 is 0 Å². The van der Waals surface area contributed by atoms with Crippen molar-refractivity contribution in [3.8, 4) is 0 Å². The average molecular weight is 269 g/mol. The van der Waals surface area contributed by atoms with Crippen molar-refractivity contribution < 1.29 is 0 Å². The highest BCUT2D eigenvalue weighted by molar-refractivity contribution is 6.30. The van der Waals surface area contributed by atoms with E-state index in [0.717, 1.165) is 18.0 Å². The van der Waals surface area contributed by atoms with Crippen molar-refractivity contribution in [3.63, 3.8) is 0 Å². The maximum absolute atomic E-state index is 5.98. The summed E-state index contributed by atoms with van der Waals surface area (Å²) < 4.78 is 1.96. The van der Waals surface area contributed by atoms with E-state index in [9.17, 15) is 0 Å². The highest BCUT2D eigenvalue weighted by atomic mass is 35.5. The zero-order valence-corrected chi connectivity index (χ0v) is 11.1. The molecule has 0 fully saturated rings. The van der Waals surface area contributed by atoms with Gasteiger partial charge in [-0.1, -0.05) is 30.7 Å². The van der Waals surface area contributed by atoms with Gasteiger partial charge in [0, 0.05) is 29.9 Å². The molecule has 4 heteroatoms. The van der Waals surface area contributed by atoms with E-state index in [4.69, 9.17) is 23.2 Å². The van der Waals surface area contributed by atoms with Gasteiger partial charge in [-0.2, -0.15) is 0 Å². The summed E-state index contributed by atoms with van der Waals surface area (Å²) in [6.45, 7) is 3.01. The van der Waals surface area contributed by atoms with Crippen LogP contribution < -0.4 is 0 Å². The van der Waals surface area contributed by atoms with Crippen LogP contribution >= 0.6 is 23.2 Å². The van der Waals surface area contributed by atoms with Crippen LogP contribution in [-0.2, 0) is 6.54 Å². The third kappa shape index (κ3) is 3.02. The van der Waals surface area contributed by atoms with Gasteiger partial charge in [0.15, 0.2) is 0 Å². The van der Waals surface area contributed by atoms with E-state index in [1.807, 2.05) is 22.9 Å². The van der Waals surface area contributed by atoms with Gasteiger partial charge < -0.3 is 4.57 Å². The number of rotatable bonds is 4. The topological polar surface area (TPSA) is 17.8 Å². The molecule has 90 valence electrons. The summed E-state index contributed by atoms with van der Waals surface area (Å²) in [4.78, 5) is 4.02. The molecule has 17 heavy (non-hydrogen) atoms. The van der Waals surface area contributed by atoms with E-state index in [-0.39, 0.29) is 0 Å². The lowest BCUT2D eigenvalue weighted by atomic mass is 9.96. The summed E-state index contributed by atoms with van der Waals surface area (Å²) >= 11 is 11.9. The average Bonchev–Trinajstić information content (AvgIpc) is 2.73. The molecule has 2 aromatic rings. The maximum atomic E-state index is 5.98. The molecule has 2 nitrogen and oxygen atoms in total. The Hall–Kier alpha value is -0.990. The number of benzene rings is 1. The van der Waals surface area contributed by atoms with Gasteiger partial charge in [-0.15, -0.1) is 0 Å². The van der Waals surface area contributed by atoms with E-state index >= 15 is 0 Å². The SMILES string of the molecule is CCC(Cn1ccnc1Cl)c1ccc(Cl)cc1. The number of aromatic nitrogens is 2. The Morgan fingerprint density at radius 2 is 1.94 bits per heavy atom. The second kappa shape index (κ2) is 5.56. The molecule has 0 radical (unpaired) electrons. The Kier molecular flexibility index (Phi) is 4.08. The van der Waals surface area contributed by atoms with Crippen LogP contribution in [0.5, 0.6) is 0 Å². The Morgan fingerprint density at radius 3 is 2.47 bits per heavy atom. The standard InChI is InChI=1S/C13H14Cl2N2/c1-2-10(9-17-8-7-16-13(17)15)11-3-5-12(14)6-4-11/h3-8,10H,2,9H2,1H3. The monoisotopic (exact) mass is 268 g/mol. The second-order valence-electron chi connectivity index (χ2n) is 4.01. The lowest BCUT2D eigenvalue weighted by Gasteiger charge is -2.16. The van der Waals surface area contributed by atoms with Gasteiger partial charge in [0.25, 0.3) is 0 Å². The molecule has 1 unspecified atom stereocenters. The van der Waals surface area contributed by atoms with Crippen molar-refractivity contribution in [1.29, 1.82) is 0 Å². The largest absolute Gasteiger partial charge is 0.321 e. The smallest absolute Gasteiger partial charge is 0.202 e. The van der Waals surface area contributed by atoms with Crippen LogP contribution in [0.3, 0.4) is 0 Å². The molecule has 0 amide bonds. The summed E-state index contributed by atoms with van der Waals surface area (Å²) in [7, 11) is 0. The summed E-state index contributed by atoms with van der Waals surface area (Å²) in [6, 6.07) is 7.99. The Labute approximate surface area is 111 Å². The highest BCUT2D eigenvalue weighted by Crippen LogP contribution is 2.24. The minimum Gasteiger partial charge on any atom is -0.321 e. The number of halogens is 2. The molecular formula is C13H14Cl2N2. The van der Waals surface area contributed by atoms with Crippen LogP contribution in [0.1, 0.15) is 24.8 Å². The molecule has 1 atom stereocenters. The van der Waals surface area contributed by atoms with Gasteiger partial charge in [-0.05, 0) is 35.7 Å². The van der Waals surface area contributed by atoms with Crippen molar-refractivity contribution >= 4 is 23.2 Å². The first-order valence-electron chi connectivity index (χ1n) is 5.62. The van der Waals surface area contributed by atoms with Crippen molar-refractivity contribution in [2.24, 2.45) is 0 Å². The summed E-state index contributed by atoms with van der Waals surface area (Å²) in [5.74, 6) is 0.430. The van der Waals surface area contributed by atoms with E-state index in [1.165, 1.54) is 5.56 Å². The molecule has 2 rings (SSSR count). The first kappa shape index (κ1) is 12.5. The Bertz CT molecular complexity index is 476. The van der Waals surface area contributed by atoms with Gasteiger partial charge >= 0.3 is 0 Å². The molecule has 1 aromatic carbocycles. The van der Waals surface area contributed by atoms with Crippen LogP contribution in [0.4, 0.5) is 0 Å². The summed E-state index contributed by atoms with van der Waals surface area (Å²) in [5.41, 5.74) is 1.28. The highest BCUT2D eigenvalue weighted by Gasteiger charge is 2.11. The molecule has 0 aliphatic carbocycles. The van der Waals surface area contributed by atoms with Gasteiger partial charge in [0.05, 0.1) is 0 Å². The zero-order valence-electron chi connectivity index (χ0n) is 9.61. The zero-order chi connectivity index (χ0) is 12.3. The predicted molar refractivity (Wildman–Crippen MR) is 71.7 cm³/mol. The van der Waals surface area contributed by atoms with Crippen molar-refractivity contribution in [2.45, 2.75) is 25.8 Å². The summed E-state index contributed by atoms with van der Waals surface area (Å²) in [5, 5.41) is 1.31. The molecule has 0 spiro atoms. The molecule has 0 bridgehead atoms. The maximum Gasteiger partial charge on any atom is 0.202 e. The third-order valence-electron chi connectivity index (χ3n) is 2.92. The molecule has 1 aromatic heterocycles. The number of hydrogen-bond acceptors (Lipinski definition) is 1. The summed E-state index contributed by atoms with van der Waals surface area (Å²) in [6.07, 6.45) is 4.67. The normalized spacial score (nSPS) is 12.6. The van der Waals surface area contributed by atoms with Crippen molar-refractivity contribution in [1.82, 2.24) is 9.55 Å². The van der Waals surface area contributed by atoms with Crippen molar-refractivity contribution in [3.05, 3.63) is 52.5 Å². The lowest BCUT2D eigenvalue weighted by Crippen LogP contribution is -2.08. The number of nitrogens with zero attached hydrogens (tertiary/aromatic N) is 2. The Balaban J connectivity index is 2.17. The van der Waals surface area contributed by atoms with Crippen LogP contribution in [0.2, 0.25) is 10.3 Å². The fraction of sp³-hybridized carbons (Fsp3) is 0.308.